The highest BCUT2D eigenvalue weighted by atomic mass is 19.4. The second-order valence-corrected chi connectivity index (χ2v) is 5.62. The molecule has 0 saturated heterocycles. The fourth-order valence-electron chi connectivity index (χ4n) is 3.28. The molecule has 7 heteroatoms. The van der Waals surface area contributed by atoms with Crippen LogP contribution < -0.4 is 0 Å². The Morgan fingerprint density at radius 3 is 2.46 bits per heavy atom. The van der Waals surface area contributed by atoms with E-state index >= 15 is 0 Å². The average Bonchev–Trinajstić information content (AvgIpc) is 3.14. The zero-order chi connectivity index (χ0) is 17.1. The first-order valence-corrected chi connectivity index (χ1v) is 7.06. The maximum atomic E-state index is 14.1. The van der Waals surface area contributed by atoms with Crippen LogP contribution in [0.5, 0.6) is 0 Å². The summed E-state index contributed by atoms with van der Waals surface area (Å²) in [5.74, 6) is -0.861. The molecule has 0 spiro atoms. The van der Waals surface area contributed by atoms with E-state index in [-0.39, 0.29) is 22.3 Å². The molecule has 2 aromatic carbocycles. The normalized spacial score (nSPS) is 19.2. The van der Waals surface area contributed by atoms with E-state index in [2.05, 4.69) is 10.2 Å². The van der Waals surface area contributed by atoms with Gasteiger partial charge in [-0.05, 0) is 28.8 Å². The lowest BCUT2D eigenvalue weighted by molar-refractivity contribution is -0.246. The van der Waals surface area contributed by atoms with E-state index in [9.17, 15) is 22.7 Å². The summed E-state index contributed by atoms with van der Waals surface area (Å²) in [6, 6.07) is 7.57. The van der Waals surface area contributed by atoms with Gasteiger partial charge < -0.3 is 5.11 Å². The number of nitrogens with one attached hydrogen (secondary N) is 1. The average molecular weight is 334 g/mol. The summed E-state index contributed by atoms with van der Waals surface area (Å²) in [5.41, 5.74) is -3.00. The summed E-state index contributed by atoms with van der Waals surface area (Å²) < 4.78 is 55.2. The third-order valence-electron chi connectivity index (χ3n) is 4.30. The maximum absolute atomic E-state index is 14.1. The number of alkyl halides is 3. The number of H-pyrrole nitrogens is 1. The van der Waals surface area contributed by atoms with E-state index in [1.54, 1.807) is 6.07 Å². The van der Waals surface area contributed by atoms with Crippen LogP contribution in [0.3, 0.4) is 0 Å². The molecule has 1 unspecified atom stereocenters. The number of benzene rings is 2. The number of aliphatic hydroxyl groups is 1. The van der Waals surface area contributed by atoms with Crippen LogP contribution in [0.25, 0.3) is 22.3 Å². The van der Waals surface area contributed by atoms with E-state index in [4.69, 9.17) is 0 Å². The molecule has 24 heavy (non-hydrogen) atoms. The van der Waals surface area contributed by atoms with Crippen molar-refractivity contribution in [2.45, 2.75) is 11.8 Å². The molecule has 0 fully saturated rings. The quantitative estimate of drug-likeness (QED) is 0.661. The van der Waals surface area contributed by atoms with Crippen LogP contribution in [0, 0.1) is 5.82 Å². The monoisotopic (exact) mass is 334 g/mol. The van der Waals surface area contributed by atoms with Gasteiger partial charge in [-0.2, -0.15) is 18.3 Å². The van der Waals surface area contributed by atoms with Gasteiger partial charge in [0.1, 0.15) is 5.82 Å². The van der Waals surface area contributed by atoms with Gasteiger partial charge in [-0.15, -0.1) is 0 Å². The van der Waals surface area contributed by atoms with Crippen LogP contribution in [0.1, 0.15) is 11.1 Å². The number of hydrogen-bond donors (Lipinski definition) is 2. The van der Waals surface area contributed by atoms with Crippen molar-refractivity contribution >= 4 is 0 Å². The number of rotatable bonds is 1. The Balaban J connectivity index is 2.15. The van der Waals surface area contributed by atoms with Crippen molar-refractivity contribution in [3.63, 3.8) is 0 Å². The van der Waals surface area contributed by atoms with Gasteiger partial charge in [-0.1, -0.05) is 24.3 Å². The van der Waals surface area contributed by atoms with E-state index in [0.29, 0.717) is 5.56 Å². The molecule has 1 atom stereocenters. The standard InChI is InChI=1S/C17H10F4N2O/c18-10-5-12(9-7-22-23-8-9)15-11-3-1-2-4-13(11)16(24,14(15)6-10)17(19,20)21/h1-8,24H,(H,22,23). The highest BCUT2D eigenvalue weighted by Crippen LogP contribution is 2.57. The fourth-order valence-corrected chi connectivity index (χ4v) is 3.28. The van der Waals surface area contributed by atoms with Gasteiger partial charge in [-0.3, -0.25) is 5.10 Å². The number of aromatic nitrogens is 2. The number of halogens is 4. The zero-order valence-corrected chi connectivity index (χ0v) is 12.0. The second kappa shape index (κ2) is 4.67. The number of nitrogens with zero attached hydrogens (tertiary/aromatic N) is 1. The Bertz CT molecular complexity index is 934. The summed E-state index contributed by atoms with van der Waals surface area (Å²) in [6.45, 7) is 0. The Labute approximate surface area is 133 Å². The molecule has 3 nitrogen and oxygen atoms in total. The van der Waals surface area contributed by atoms with E-state index < -0.39 is 23.2 Å². The Kier molecular flexibility index (Phi) is 2.90. The molecular weight excluding hydrogens is 324 g/mol. The lowest BCUT2D eigenvalue weighted by Gasteiger charge is -2.28. The molecule has 0 amide bonds. The van der Waals surface area contributed by atoms with Crippen molar-refractivity contribution in [3.05, 3.63) is 65.7 Å². The minimum atomic E-state index is -4.99. The van der Waals surface area contributed by atoms with Crippen molar-refractivity contribution in [2.24, 2.45) is 0 Å². The largest absolute Gasteiger partial charge is 0.425 e. The zero-order valence-electron chi connectivity index (χ0n) is 12.0. The van der Waals surface area contributed by atoms with Crippen LogP contribution in [0.15, 0.2) is 48.8 Å². The molecule has 4 rings (SSSR count). The highest BCUT2D eigenvalue weighted by molar-refractivity contribution is 5.92. The number of aromatic amines is 1. The Hall–Kier alpha value is -2.67. The molecule has 0 bridgehead atoms. The minimum absolute atomic E-state index is 0.160. The lowest BCUT2D eigenvalue weighted by Crippen LogP contribution is -2.41. The molecule has 1 aliphatic carbocycles. The Morgan fingerprint density at radius 2 is 1.79 bits per heavy atom. The van der Waals surface area contributed by atoms with Crippen LogP contribution in [-0.2, 0) is 5.60 Å². The lowest BCUT2D eigenvalue weighted by atomic mass is 9.89. The Morgan fingerprint density at radius 1 is 1.04 bits per heavy atom. The SMILES string of the molecule is OC1(C(F)(F)F)c2ccccc2-c2c(-c3cn[nH]c3)cc(F)cc21. The topological polar surface area (TPSA) is 48.9 Å². The predicted octanol–water partition coefficient (Wildman–Crippen LogP) is 3.99. The van der Waals surface area contributed by atoms with Crippen LogP contribution >= 0.6 is 0 Å². The summed E-state index contributed by atoms with van der Waals surface area (Å²) in [7, 11) is 0. The molecule has 0 saturated carbocycles. The molecule has 1 heterocycles. The molecule has 1 aliphatic rings. The first kappa shape index (κ1) is 14.9. The van der Waals surface area contributed by atoms with Crippen molar-refractivity contribution in [2.75, 3.05) is 0 Å². The van der Waals surface area contributed by atoms with E-state index in [0.717, 1.165) is 12.1 Å². The van der Waals surface area contributed by atoms with Crippen molar-refractivity contribution in [3.8, 4) is 22.3 Å². The first-order valence-electron chi connectivity index (χ1n) is 7.06. The van der Waals surface area contributed by atoms with Gasteiger partial charge in [-0.25, -0.2) is 4.39 Å². The predicted molar refractivity (Wildman–Crippen MR) is 78.5 cm³/mol. The van der Waals surface area contributed by atoms with Crippen molar-refractivity contribution in [1.82, 2.24) is 10.2 Å². The van der Waals surface area contributed by atoms with Crippen molar-refractivity contribution in [1.29, 1.82) is 0 Å². The van der Waals surface area contributed by atoms with Gasteiger partial charge in [0.05, 0.1) is 6.20 Å². The molecule has 122 valence electrons. The molecule has 3 aromatic rings. The molecule has 1 aromatic heterocycles. The summed E-state index contributed by atoms with van der Waals surface area (Å²) >= 11 is 0. The first-order chi connectivity index (χ1) is 11.3. The summed E-state index contributed by atoms with van der Waals surface area (Å²) in [5, 5.41) is 16.9. The van der Waals surface area contributed by atoms with Crippen LogP contribution in [0.4, 0.5) is 17.6 Å². The molecule has 0 aliphatic heterocycles. The highest BCUT2D eigenvalue weighted by Gasteiger charge is 2.61. The maximum Gasteiger partial charge on any atom is 0.425 e. The second-order valence-electron chi connectivity index (χ2n) is 5.62. The number of hydrogen-bond acceptors (Lipinski definition) is 2. The molecular formula is C17H10F4N2O. The fraction of sp³-hybridized carbons (Fsp3) is 0.118. The molecule has 0 radical (unpaired) electrons. The number of fused-ring (bicyclic) bond motifs is 3. The third-order valence-corrected chi connectivity index (χ3v) is 4.30. The third kappa shape index (κ3) is 1.78. The van der Waals surface area contributed by atoms with E-state index in [1.165, 1.54) is 30.6 Å². The van der Waals surface area contributed by atoms with Gasteiger partial charge >= 0.3 is 6.18 Å². The summed E-state index contributed by atoms with van der Waals surface area (Å²) in [6.07, 6.45) is -2.14. The van der Waals surface area contributed by atoms with Crippen LogP contribution in [-0.4, -0.2) is 21.5 Å². The van der Waals surface area contributed by atoms with Gasteiger partial charge in [0.15, 0.2) is 0 Å². The van der Waals surface area contributed by atoms with Gasteiger partial charge in [0.25, 0.3) is 0 Å². The van der Waals surface area contributed by atoms with Crippen LogP contribution in [0.2, 0.25) is 0 Å². The molecule has 2 N–H and O–H groups in total. The van der Waals surface area contributed by atoms with Gasteiger partial charge in [0, 0.05) is 22.9 Å². The minimum Gasteiger partial charge on any atom is -0.372 e. The smallest absolute Gasteiger partial charge is 0.372 e. The van der Waals surface area contributed by atoms with E-state index in [1.807, 2.05) is 0 Å². The summed E-state index contributed by atoms with van der Waals surface area (Å²) in [4.78, 5) is 0. The van der Waals surface area contributed by atoms with Gasteiger partial charge in [0.2, 0.25) is 5.60 Å². The van der Waals surface area contributed by atoms with Crippen molar-refractivity contribution < 1.29 is 22.7 Å².